The number of Topliss-reactive ketones (excluding diaryl/α,β-unsaturated/α-hetero) is 1. The van der Waals surface area contributed by atoms with Crippen LogP contribution < -0.4 is 4.74 Å². The molecule has 0 radical (unpaired) electrons. The maximum atomic E-state index is 12.0. The smallest absolute Gasteiger partial charge is 0.313 e. The van der Waals surface area contributed by atoms with Gasteiger partial charge in [-0.15, -0.1) is 0 Å². The molecule has 0 atom stereocenters. The Hall–Kier alpha value is -2.43. The van der Waals surface area contributed by atoms with Crippen molar-refractivity contribution < 1.29 is 19.1 Å². The molecule has 0 unspecified atom stereocenters. The van der Waals surface area contributed by atoms with Crippen molar-refractivity contribution in [3.63, 3.8) is 0 Å². The average Bonchev–Trinajstić information content (AvgIpc) is 2.45. The Morgan fingerprint density at radius 2 is 2.00 bits per heavy atom. The summed E-state index contributed by atoms with van der Waals surface area (Å²) in [5, 5.41) is 0.692. The summed E-state index contributed by atoms with van der Waals surface area (Å²) in [6.45, 7) is 0. The van der Waals surface area contributed by atoms with Gasteiger partial charge in [0.15, 0.2) is 5.78 Å². The minimum absolute atomic E-state index is 0.276. The standard InChI is InChI=1S/C14H13NO4/c1-18-9-3-4-10-11(5-6-15-12(10)7-9)13(16)8-14(17)19-2/h3-7H,8H2,1-2H3. The molecule has 1 aromatic heterocycles. The zero-order valence-corrected chi connectivity index (χ0v) is 10.7. The third kappa shape index (κ3) is 2.70. The summed E-state index contributed by atoms with van der Waals surface area (Å²) in [7, 11) is 2.82. The molecule has 2 aromatic rings. The van der Waals surface area contributed by atoms with E-state index in [1.54, 1.807) is 31.4 Å². The molecule has 1 aromatic carbocycles. The molecule has 0 saturated heterocycles. The first-order valence-electron chi connectivity index (χ1n) is 5.68. The van der Waals surface area contributed by atoms with Crippen molar-refractivity contribution in [2.45, 2.75) is 6.42 Å². The first kappa shape index (κ1) is 13.0. The summed E-state index contributed by atoms with van der Waals surface area (Å²) in [6, 6.07) is 6.84. The van der Waals surface area contributed by atoms with Gasteiger partial charge in [-0.1, -0.05) is 0 Å². The first-order chi connectivity index (χ1) is 9.15. The molecular formula is C14H13NO4. The van der Waals surface area contributed by atoms with Crippen molar-refractivity contribution in [3.05, 3.63) is 36.0 Å². The summed E-state index contributed by atoms with van der Waals surface area (Å²) >= 11 is 0. The number of nitrogens with zero attached hydrogens (tertiary/aromatic N) is 1. The van der Waals surface area contributed by atoms with Crippen molar-refractivity contribution in [1.29, 1.82) is 0 Å². The highest BCUT2D eigenvalue weighted by molar-refractivity contribution is 6.12. The van der Waals surface area contributed by atoms with Gasteiger partial charge in [0.1, 0.15) is 12.2 Å². The molecule has 0 amide bonds. The molecule has 98 valence electrons. The lowest BCUT2D eigenvalue weighted by atomic mass is 10.0. The fourth-order valence-electron chi connectivity index (χ4n) is 1.80. The van der Waals surface area contributed by atoms with Crippen LogP contribution in [0.15, 0.2) is 30.5 Å². The Labute approximate surface area is 110 Å². The molecule has 0 fully saturated rings. The lowest BCUT2D eigenvalue weighted by Crippen LogP contribution is -2.10. The molecule has 0 saturated carbocycles. The third-order valence-electron chi connectivity index (χ3n) is 2.78. The maximum Gasteiger partial charge on any atom is 0.313 e. The number of benzene rings is 1. The number of ether oxygens (including phenoxy) is 2. The number of pyridine rings is 1. The molecule has 5 nitrogen and oxygen atoms in total. The molecule has 5 heteroatoms. The predicted molar refractivity (Wildman–Crippen MR) is 69.3 cm³/mol. The van der Waals surface area contributed by atoms with E-state index in [9.17, 15) is 9.59 Å². The van der Waals surface area contributed by atoms with Gasteiger partial charge in [-0.25, -0.2) is 0 Å². The van der Waals surface area contributed by atoms with Gasteiger partial charge < -0.3 is 9.47 Å². The van der Waals surface area contributed by atoms with E-state index in [0.717, 1.165) is 0 Å². The zero-order valence-electron chi connectivity index (χ0n) is 10.7. The van der Waals surface area contributed by atoms with E-state index in [1.807, 2.05) is 0 Å². The fraction of sp³-hybridized carbons (Fsp3) is 0.214. The van der Waals surface area contributed by atoms with E-state index in [4.69, 9.17) is 4.74 Å². The van der Waals surface area contributed by atoms with E-state index >= 15 is 0 Å². The number of fused-ring (bicyclic) bond motifs is 1. The largest absolute Gasteiger partial charge is 0.497 e. The second-order valence-corrected chi connectivity index (χ2v) is 3.92. The fourth-order valence-corrected chi connectivity index (χ4v) is 1.80. The van der Waals surface area contributed by atoms with Crippen LogP contribution in [-0.2, 0) is 9.53 Å². The average molecular weight is 259 g/mol. The number of hydrogen-bond donors (Lipinski definition) is 0. The van der Waals surface area contributed by atoms with E-state index in [-0.39, 0.29) is 12.2 Å². The SMILES string of the molecule is COC(=O)CC(=O)c1ccnc2cc(OC)ccc12. The Balaban J connectivity index is 2.43. The highest BCUT2D eigenvalue weighted by atomic mass is 16.5. The van der Waals surface area contributed by atoms with Crippen LogP contribution in [0.2, 0.25) is 0 Å². The van der Waals surface area contributed by atoms with Gasteiger partial charge in [0.25, 0.3) is 0 Å². The van der Waals surface area contributed by atoms with Gasteiger partial charge in [-0.05, 0) is 18.2 Å². The van der Waals surface area contributed by atoms with Crippen LogP contribution in [0.1, 0.15) is 16.8 Å². The number of aromatic nitrogens is 1. The van der Waals surface area contributed by atoms with Gasteiger partial charge >= 0.3 is 5.97 Å². The first-order valence-corrected chi connectivity index (χ1v) is 5.68. The predicted octanol–water partition coefficient (Wildman–Crippen LogP) is 1.99. The highest BCUT2D eigenvalue weighted by Crippen LogP contribution is 2.22. The second-order valence-electron chi connectivity index (χ2n) is 3.92. The highest BCUT2D eigenvalue weighted by Gasteiger charge is 2.15. The molecule has 19 heavy (non-hydrogen) atoms. The molecule has 0 N–H and O–H groups in total. The maximum absolute atomic E-state index is 12.0. The molecular weight excluding hydrogens is 246 g/mol. The summed E-state index contributed by atoms with van der Waals surface area (Å²) in [5.74, 6) is -0.176. The van der Waals surface area contributed by atoms with Gasteiger partial charge in [-0.3, -0.25) is 14.6 Å². The van der Waals surface area contributed by atoms with Crippen LogP contribution in [0.3, 0.4) is 0 Å². The van der Waals surface area contributed by atoms with Crippen LogP contribution in [0, 0.1) is 0 Å². The molecule has 2 rings (SSSR count). The molecule has 0 bridgehead atoms. The number of carbonyl (C=O) groups excluding carboxylic acids is 2. The van der Waals surface area contributed by atoms with Crippen molar-refractivity contribution in [1.82, 2.24) is 4.98 Å². The number of ketones is 1. The van der Waals surface area contributed by atoms with Crippen LogP contribution in [-0.4, -0.2) is 31.0 Å². The van der Waals surface area contributed by atoms with Crippen LogP contribution in [0.4, 0.5) is 0 Å². The topological polar surface area (TPSA) is 65.5 Å². The Morgan fingerprint density at radius 3 is 2.68 bits per heavy atom. The Morgan fingerprint density at radius 1 is 1.21 bits per heavy atom. The summed E-state index contributed by atoms with van der Waals surface area (Å²) in [4.78, 5) is 27.4. The molecule has 0 aliphatic rings. The van der Waals surface area contributed by atoms with Crippen LogP contribution in [0.5, 0.6) is 5.75 Å². The number of esters is 1. The van der Waals surface area contributed by atoms with Crippen molar-refractivity contribution in [2.75, 3.05) is 14.2 Å². The number of hydrogen-bond acceptors (Lipinski definition) is 5. The quantitative estimate of drug-likeness (QED) is 0.477. The summed E-state index contributed by atoms with van der Waals surface area (Å²) in [6.07, 6.45) is 1.26. The number of carbonyl (C=O) groups is 2. The Bertz CT molecular complexity index is 636. The lowest BCUT2D eigenvalue weighted by molar-refractivity contribution is -0.139. The monoisotopic (exact) mass is 259 g/mol. The molecule has 0 spiro atoms. The Kier molecular flexibility index (Phi) is 3.75. The van der Waals surface area contributed by atoms with Gasteiger partial charge in [0.05, 0.1) is 19.7 Å². The van der Waals surface area contributed by atoms with E-state index in [1.165, 1.54) is 13.3 Å². The number of rotatable bonds is 4. The molecule has 0 aliphatic carbocycles. The lowest BCUT2D eigenvalue weighted by Gasteiger charge is -2.06. The summed E-state index contributed by atoms with van der Waals surface area (Å²) < 4.78 is 9.60. The normalized spacial score (nSPS) is 10.2. The van der Waals surface area contributed by atoms with E-state index in [2.05, 4.69) is 9.72 Å². The van der Waals surface area contributed by atoms with E-state index in [0.29, 0.717) is 22.2 Å². The molecule has 1 heterocycles. The minimum Gasteiger partial charge on any atom is -0.497 e. The second kappa shape index (κ2) is 5.48. The number of methoxy groups -OCH3 is 2. The minimum atomic E-state index is -0.552. The zero-order chi connectivity index (χ0) is 13.8. The van der Waals surface area contributed by atoms with Crippen LogP contribution >= 0.6 is 0 Å². The van der Waals surface area contributed by atoms with Crippen molar-refractivity contribution in [3.8, 4) is 5.75 Å². The third-order valence-corrected chi connectivity index (χ3v) is 2.78. The van der Waals surface area contributed by atoms with Crippen molar-refractivity contribution in [2.24, 2.45) is 0 Å². The van der Waals surface area contributed by atoms with Crippen molar-refractivity contribution >= 4 is 22.7 Å². The van der Waals surface area contributed by atoms with Gasteiger partial charge in [0, 0.05) is 23.2 Å². The molecule has 0 aliphatic heterocycles. The van der Waals surface area contributed by atoms with Gasteiger partial charge in [0.2, 0.25) is 0 Å². The van der Waals surface area contributed by atoms with Crippen LogP contribution in [0.25, 0.3) is 10.9 Å². The van der Waals surface area contributed by atoms with Gasteiger partial charge in [-0.2, -0.15) is 0 Å². The van der Waals surface area contributed by atoms with E-state index < -0.39 is 5.97 Å². The summed E-state index contributed by atoms with van der Waals surface area (Å²) in [5.41, 5.74) is 1.10.